The van der Waals surface area contributed by atoms with Gasteiger partial charge in [-0.2, -0.15) is 0 Å². The first-order valence-corrected chi connectivity index (χ1v) is 10.4. The van der Waals surface area contributed by atoms with E-state index in [1.165, 1.54) is 0 Å². The number of carboxylic acids is 1. The summed E-state index contributed by atoms with van der Waals surface area (Å²) in [6.45, 7) is 2.26. The summed E-state index contributed by atoms with van der Waals surface area (Å²) in [5.74, 6) is -0.803. The Hall–Kier alpha value is -2.82. The number of hydrogen-bond acceptors (Lipinski definition) is 3. The molecule has 3 unspecified atom stereocenters. The number of fused-ring (bicyclic) bond motifs is 3. The van der Waals surface area contributed by atoms with Crippen LogP contribution in [0.5, 0.6) is 0 Å². The topological polar surface area (TPSA) is 75.6 Å². The lowest BCUT2D eigenvalue weighted by atomic mass is 9.76. The Morgan fingerprint density at radius 2 is 1.62 bits per heavy atom. The summed E-state index contributed by atoms with van der Waals surface area (Å²) in [5, 5.41) is 12.3. The van der Waals surface area contributed by atoms with E-state index in [-0.39, 0.29) is 24.4 Å². The van der Waals surface area contributed by atoms with Gasteiger partial charge in [-0.25, -0.2) is 9.59 Å². The van der Waals surface area contributed by atoms with Crippen LogP contribution in [0.4, 0.5) is 4.79 Å². The average molecular weight is 393 g/mol. The number of nitrogens with one attached hydrogen (secondary N) is 1. The van der Waals surface area contributed by atoms with Crippen molar-refractivity contribution in [3.63, 3.8) is 0 Å². The lowest BCUT2D eigenvalue weighted by molar-refractivity contribution is -0.141. The van der Waals surface area contributed by atoms with Gasteiger partial charge in [0.05, 0.1) is 0 Å². The van der Waals surface area contributed by atoms with Crippen LogP contribution in [-0.4, -0.2) is 29.8 Å². The van der Waals surface area contributed by atoms with Gasteiger partial charge >= 0.3 is 12.1 Å². The Balaban J connectivity index is 1.45. The second kappa shape index (κ2) is 8.27. The number of rotatable bonds is 5. The second-order valence-corrected chi connectivity index (χ2v) is 8.21. The molecule has 2 N–H and O–H groups in total. The van der Waals surface area contributed by atoms with Crippen LogP contribution in [0.3, 0.4) is 0 Å². The van der Waals surface area contributed by atoms with Gasteiger partial charge in [0, 0.05) is 5.92 Å². The molecule has 2 aromatic rings. The number of benzene rings is 2. The van der Waals surface area contributed by atoms with E-state index < -0.39 is 18.1 Å². The minimum absolute atomic E-state index is 0.0370. The lowest BCUT2D eigenvalue weighted by Crippen LogP contribution is -2.49. The number of carboxylic acid groups (broad SMARTS) is 1. The van der Waals surface area contributed by atoms with Gasteiger partial charge in [0.25, 0.3) is 0 Å². The Kier molecular flexibility index (Phi) is 5.56. The normalized spacial score (nSPS) is 21.7. The molecule has 3 atom stereocenters. The standard InChI is InChI=1S/C24H27NO4/c1-15-8-2-3-9-16(15)22(23(26)27)25-24(28)29-14-21-19-12-6-4-10-17(19)18-11-5-7-13-20(18)21/h4-7,10-13,15-16,21-22H,2-3,8-9,14H2,1H3,(H,25,28)(H,26,27). The summed E-state index contributed by atoms with van der Waals surface area (Å²) < 4.78 is 5.53. The van der Waals surface area contributed by atoms with Gasteiger partial charge < -0.3 is 15.2 Å². The fourth-order valence-electron chi connectivity index (χ4n) is 4.96. The van der Waals surface area contributed by atoms with Gasteiger partial charge in [0.15, 0.2) is 0 Å². The van der Waals surface area contributed by atoms with Gasteiger partial charge in [0.1, 0.15) is 12.6 Å². The molecule has 0 aromatic heterocycles. The summed E-state index contributed by atoms with van der Waals surface area (Å²) in [6.07, 6.45) is 3.29. The van der Waals surface area contributed by atoms with Crippen LogP contribution in [0.2, 0.25) is 0 Å². The molecule has 0 spiro atoms. The van der Waals surface area contributed by atoms with Crippen LogP contribution in [0.25, 0.3) is 11.1 Å². The molecule has 4 rings (SSSR count). The molecular formula is C24H27NO4. The van der Waals surface area contributed by atoms with Gasteiger partial charge in [-0.15, -0.1) is 0 Å². The molecule has 0 saturated heterocycles. The summed E-state index contributed by atoms with van der Waals surface area (Å²) in [5.41, 5.74) is 4.60. The molecule has 2 aliphatic carbocycles. The van der Waals surface area contributed by atoms with E-state index >= 15 is 0 Å². The number of carbonyl (C=O) groups excluding carboxylic acids is 1. The molecule has 5 nitrogen and oxygen atoms in total. The van der Waals surface area contributed by atoms with Gasteiger partial charge in [-0.1, -0.05) is 74.7 Å². The third kappa shape index (κ3) is 3.86. The summed E-state index contributed by atoms with van der Waals surface area (Å²) in [6, 6.07) is 15.4. The van der Waals surface area contributed by atoms with E-state index in [9.17, 15) is 14.7 Å². The largest absolute Gasteiger partial charge is 0.480 e. The first-order valence-electron chi connectivity index (χ1n) is 10.4. The number of ether oxygens (including phenoxy) is 1. The Bertz CT molecular complexity index is 864. The monoisotopic (exact) mass is 393 g/mol. The van der Waals surface area contributed by atoms with Crippen molar-refractivity contribution < 1.29 is 19.4 Å². The minimum Gasteiger partial charge on any atom is -0.480 e. The molecule has 152 valence electrons. The maximum Gasteiger partial charge on any atom is 0.407 e. The summed E-state index contributed by atoms with van der Waals surface area (Å²) in [4.78, 5) is 24.3. The van der Waals surface area contributed by atoms with Crippen molar-refractivity contribution in [2.45, 2.75) is 44.6 Å². The number of alkyl carbamates (subject to hydrolysis) is 1. The molecule has 0 bridgehead atoms. The van der Waals surface area contributed by atoms with Crippen molar-refractivity contribution in [2.75, 3.05) is 6.61 Å². The quantitative estimate of drug-likeness (QED) is 0.765. The second-order valence-electron chi connectivity index (χ2n) is 8.21. The van der Waals surface area contributed by atoms with E-state index in [0.717, 1.165) is 47.9 Å². The third-order valence-electron chi connectivity index (χ3n) is 6.49. The van der Waals surface area contributed by atoms with Crippen LogP contribution in [0.15, 0.2) is 48.5 Å². The predicted molar refractivity (Wildman–Crippen MR) is 111 cm³/mol. The van der Waals surface area contributed by atoms with Gasteiger partial charge in [-0.05, 0) is 40.5 Å². The first kappa shape index (κ1) is 19.5. The van der Waals surface area contributed by atoms with Crippen molar-refractivity contribution in [3.8, 4) is 11.1 Å². The van der Waals surface area contributed by atoms with E-state index in [1.54, 1.807) is 0 Å². The first-order chi connectivity index (χ1) is 14.1. The van der Waals surface area contributed by atoms with Crippen LogP contribution in [-0.2, 0) is 9.53 Å². The van der Waals surface area contributed by atoms with E-state index in [0.29, 0.717) is 0 Å². The Morgan fingerprint density at radius 1 is 1.03 bits per heavy atom. The average Bonchev–Trinajstić information content (AvgIpc) is 3.05. The zero-order valence-corrected chi connectivity index (χ0v) is 16.6. The molecule has 0 radical (unpaired) electrons. The van der Waals surface area contributed by atoms with E-state index in [4.69, 9.17) is 4.74 Å². The zero-order chi connectivity index (χ0) is 20.4. The summed E-state index contributed by atoms with van der Waals surface area (Å²) >= 11 is 0. The van der Waals surface area contributed by atoms with Crippen LogP contribution < -0.4 is 5.32 Å². The highest BCUT2D eigenvalue weighted by molar-refractivity contribution is 5.81. The van der Waals surface area contributed by atoms with Crippen molar-refractivity contribution in [1.29, 1.82) is 0 Å². The fraction of sp³-hybridized carbons (Fsp3) is 0.417. The van der Waals surface area contributed by atoms with Gasteiger partial charge in [-0.3, -0.25) is 0 Å². The number of aliphatic carboxylic acids is 1. The molecule has 2 aromatic carbocycles. The Morgan fingerprint density at radius 3 is 2.21 bits per heavy atom. The fourth-order valence-corrected chi connectivity index (χ4v) is 4.96. The number of amides is 1. The molecule has 1 amide bonds. The maximum atomic E-state index is 12.5. The van der Waals surface area contributed by atoms with Crippen molar-refractivity contribution in [3.05, 3.63) is 59.7 Å². The van der Waals surface area contributed by atoms with Crippen LogP contribution >= 0.6 is 0 Å². The van der Waals surface area contributed by atoms with Gasteiger partial charge in [0.2, 0.25) is 0 Å². The molecule has 2 aliphatic rings. The van der Waals surface area contributed by atoms with Crippen molar-refractivity contribution >= 4 is 12.1 Å². The molecule has 5 heteroatoms. The Labute approximate surface area is 171 Å². The maximum absolute atomic E-state index is 12.5. The highest BCUT2D eigenvalue weighted by Crippen LogP contribution is 2.44. The zero-order valence-electron chi connectivity index (χ0n) is 16.6. The smallest absolute Gasteiger partial charge is 0.407 e. The molecule has 1 fully saturated rings. The summed E-state index contributed by atoms with van der Waals surface area (Å²) in [7, 11) is 0. The van der Waals surface area contributed by atoms with Crippen LogP contribution in [0.1, 0.15) is 49.7 Å². The minimum atomic E-state index is -0.989. The number of hydrogen-bond donors (Lipinski definition) is 2. The number of carbonyl (C=O) groups is 2. The predicted octanol–water partition coefficient (Wildman–Crippen LogP) is 4.80. The lowest BCUT2D eigenvalue weighted by Gasteiger charge is -2.33. The molecule has 29 heavy (non-hydrogen) atoms. The SMILES string of the molecule is CC1CCCCC1C(NC(=O)OCC1c2ccccc2-c2ccccc21)C(=O)O. The van der Waals surface area contributed by atoms with E-state index in [2.05, 4.69) is 36.5 Å². The van der Waals surface area contributed by atoms with E-state index in [1.807, 2.05) is 24.3 Å². The molecule has 0 heterocycles. The van der Waals surface area contributed by atoms with Crippen molar-refractivity contribution in [1.82, 2.24) is 5.32 Å². The molecule has 0 aliphatic heterocycles. The molecular weight excluding hydrogens is 366 g/mol. The van der Waals surface area contributed by atoms with Crippen molar-refractivity contribution in [2.24, 2.45) is 11.8 Å². The molecule has 1 saturated carbocycles. The highest BCUT2D eigenvalue weighted by atomic mass is 16.5. The third-order valence-corrected chi connectivity index (χ3v) is 6.49. The highest BCUT2D eigenvalue weighted by Gasteiger charge is 2.36. The van der Waals surface area contributed by atoms with Crippen LogP contribution in [0, 0.1) is 11.8 Å².